The van der Waals surface area contributed by atoms with Crippen LogP contribution in [0.4, 0.5) is 11.4 Å². The minimum atomic E-state index is -0.475. The van der Waals surface area contributed by atoms with Gasteiger partial charge in [0.2, 0.25) is 5.91 Å². The van der Waals surface area contributed by atoms with Gasteiger partial charge in [-0.1, -0.05) is 38.1 Å². The maximum absolute atomic E-state index is 14.2. The molecule has 5 rings (SSSR count). The fraction of sp³-hybridized carbons (Fsp3) is 0.357. The molecule has 2 aromatic carbocycles. The number of hydrogen-bond acceptors (Lipinski definition) is 6. The van der Waals surface area contributed by atoms with Crippen molar-refractivity contribution in [3.8, 4) is 0 Å². The van der Waals surface area contributed by atoms with E-state index in [1.165, 1.54) is 12.1 Å². The average Bonchev–Trinajstić information content (AvgIpc) is 3.44. The number of rotatable bonds is 6. The molecule has 2 atom stereocenters. The molecule has 2 unspecified atom stereocenters. The summed E-state index contributed by atoms with van der Waals surface area (Å²) in [5, 5.41) is 13.0. The summed E-state index contributed by atoms with van der Waals surface area (Å²) in [6.45, 7) is 7.12. The Balaban J connectivity index is 1.43. The van der Waals surface area contributed by atoms with Gasteiger partial charge in [0, 0.05) is 61.0 Å². The Morgan fingerprint density at radius 1 is 1.03 bits per heavy atom. The first-order valence-corrected chi connectivity index (χ1v) is 13.4. The third kappa shape index (κ3) is 4.83. The molecule has 0 bridgehead atoms. The van der Waals surface area contributed by atoms with Crippen LogP contribution in [0.3, 0.4) is 0 Å². The summed E-state index contributed by atoms with van der Waals surface area (Å²) in [5.41, 5.74) is 2.38. The van der Waals surface area contributed by atoms with Crippen molar-refractivity contribution in [2.75, 3.05) is 37.6 Å². The highest BCUT2D eigenvalue weighted by atomic mass is 32.1. The molecule has 2 amide bonds. The fourth-order valence-corrected chi connectivity index (χ4v) is 6.27. The first-order valence-electron chi connectivity index (χ1n) is 12.6. The molecule has 0 aliphatic carbocycles. The summed E-state index contributed by atoms with van der Waals surface area (Å²) < 4.78 is 0. The number of amides is 2. The van der Waals surface area contributed by atoms with Crippen molar-refractivity contribution in [1.29, 1.82) is 0 Å². The highest BCUT2D eigenvalue weighted by Crippen LogP contribution is 2.45. The molecule has 3 heterocycles. The lowest BCUT2D eigenvalue weighted by atomic mass is 9.80. The minimum Gasteiger partial charge on any atom is -0.368 e. The number of non-ortho nitro benzene ring substituents is 1. The molecule has 2 aliphatic heterocycles. The maximum atomic E-state index is 14.2. The van der Waals surface area contributed by atoms with Crippen LogP contribution in [0.2, 0.25) is 0 Å². The van der Waals surface area contributed by atoms with Crippen LogP contribution in [0.25, 0.3) is 0 Å². The monoisotopic (exact) mass is 518 g/mol. The minimum absolute atomic E-state index is 0.0188. The molecule has 3 aromatic rings. The number of benzene rings is 2. The van der Waals surface area contributed by atoms with Crippen molar-refractivity contribution in [3.63, 3.8) is 0 Å². The van der Waals surface area contributed by atoms with Gasteiger partial charge in [-0.3, -0.25) is 19.7 Å². The van der Waals surface area contributed by atoms with E-state index in [4.69, 9.17) is 0 Å². The number of carbonyl (C=O) groups excluding carboxylic acids is 2. The smallest absolute Gasteiger partial charge is 0.269 e. The Morgan fingerprint density at radius 2 is 1.73 bits per heavy atom. The van der Waals surface area contributed by atoms with Gasteiger partial charge in [0.1, 0.15) is 0 Å². The predicted octanol–water partition coefficient (Wildman–Crippen LogP) is 4.94. The van der Waals surface area contributed by atoms with E-state index in [-0.39, 0.29) is 29.5 Å². The van der Waals surface area contributed by atoms with Gasteiger partial charge in [0.15, 0.2) is 0 Å². The topological polar surface area (TPSA) is 87.0 Å². The molecule has 0 spiro atoms. The van der Waals surface area contributed by atoms with E-state index >= 15 is 0 Å². The van der Waals surface area contributed by atoms with Gasteiger partial charge in [-0.05, 0) is 41.1 Å². The standard InChI is InChI=1S/C28H30N4O4S/c1-19(2)18-31-26(24-8-5-17-37-24)25(22-6-3-4-7-23(22)27(31)33)28(34)30-15-13-29(14-16-30)20-9-11-21(12-10-20)32(35)36/h3-12,17,19,25-26H,13-16,18H2,1-2H3. The normalized spacial score (nSPS) is 19.8. The Labute approximate surface area is 220 Å². The van der Waals surface area contributed by atoms with E-state index < -0.39 is 10.8 Å². The zero-order valence-corrected chi connectivity index (χ0v) is 21.8. The highest BCUT2D eigenvalue weighted by molar-refractivity contribution is 7.10. The van der Waals surface area contributed by atoms with Crippen LogP contribution in [-0.2, 0) is 4.79 Å². The second kappa shape index (κ2) is 10.3. The van der Waals surface area contributed by atoms with Crippen LogP contribution in [-0.4, -0.2) is 59.3 Å². The second-order valence-electron chi connectivity index (χ2n) is 9.96. The number of nitro groups is 1. The quantitative estimate of drug-likeness (QED) is 0.341. The Morgan fingerprint density at radius 3 is 2.35 bits per heavy atom. The first kappa shape index (κ1) is 25.0. The molecule has 192 valence electrons. The maximum Gasteiger partial charge on any atom is 0.269 e. The second-order valence-corrected chi connectivity index (χ2v) is 10.9. The van der Waals surface area contributed by atoms with E-state index in [2.05, 4.69) is 18.7 Å². The van der Waals surface area contributed by atoms with Crippen molar-refractivity contribution < 1.29 is 14.5 Å². The van der Waals surface area contributed by atoms with Crippen molar-refractivity contribution in [1.82, 2.24) is 9.80 Å². The molecule has 0 saturated carbocycles. The third-order valence-electron chi connectivity index (χ3n) is 7.12. The van der Waals surface area contributed by atoms with E-state index in [0.717, 1.165) is 16.1 Å². The molecule has 0 radical (unpaired) electrons. The van der Waals surface area contributed by atoms with Gasteiger partial charge in [0.25, 0.3) is 11.6 Å². The lowest BCUT2D eigenvalue weighted by Crippen LogP contribution is -2.53. The van der Waals surface area contributed by atoms with Gasteiger partial charge in [-0.15, -0.1) is 11.3 Å². The predicted molar refractivity (Wildman–Crippen MR) is 144 cm³/mol. The number of anilines is 1. The SMILES string of the molecule is CC(C)CN1C(=O)c2ccccc2C(C(=O)N2CCN(c3ccc([N+](=O)[O-])cc3)CC2)C1c1cccs1. The number of carbonyl (C=O) groups is 2. The Kier molecular flexibility index (Phi) is 6.97. The van der Waals surface area contributed by atoms with Gasteiger partial charge in [0.05, 0.1) is 16.9 Å². The third-order valence-corrected chi connectivity index (χ3v) is 8.06. The molecular formula is C28H30N4O4S. The molecule has 1 saturated heterocycles. The van der Waals surface area contributed by atoms with Crippen molar-refractivity contribution in [2.24, 2.45) is 5.92 Å². The summed E-state index contributed by atoms with van der Waals surface area (Å²) in [6, 6.07) is 17.7. The zero-order chi connectivity index (χ0) is 26.1. The number of nitrogens with zero attached hydrogens (tertiary/aromatic N) is 4. The van der Waals surface area contributed by atoms with Gasteiger partial charge in [-0.25, -0.2) is 0 Å². The van der Waals surface area contributed by atoms with E-state index in [9.17, 15) is 19.7 Å². The van der Waals surface area contributed by atoms with E-state index in [1.54, 1.807) is 23.5 Å². The van der Waals surface area contributed by atoms with Gasteiger partial charge < -0.3 is 14.7 Å². The summed E-state index contributed by atoms with van der Waals surface area (Å²) in [7, 11) is 0. The fourth-order valence-electron chi connectivity index (χ4n) is 5.40. The molecule has 1 fully saturated rings. The van der Waals surface area contributed by atoms with E-state index in [0.29, 0.717) is 38.3 Å². The number of nitro benzene ring substituents is 1. The number of thiophene rings is 1. The van der Waals surface area contributed by atoms with Crippen LogP contribution in [0.5, 0.6) is 0 Å². The molecule has 37 heavy (non-hydrogen) atoms. The van der Waals surface area contributed by atoms with Crippen LogP contribution >= 0.6 is 11.3 Å². The summed E-state index contributed by atoms with van der Waals surface area (Å²) >= 11 is 1.58. The molecule has 9 heteroatoms. The lowest BCUT2D eigenvalue weighted by molar-refractivity contribution is -0.384. The Hall–Kier alpha value is -3.72. The number of fused-ring (bicyclic) bond motifs is 1. The lowest BCUT2D eigenvalue weighted by Gasteiger charge is -2.44. The van der Waals surface area contributed by atoms with E-state index in [1.807, 2.05) is 51.6 Å². The summed E-state index contributed by atoms with van der Waals surface area (Å²) in [6.07, 6.45) is 0. The number of hydrogen-bond donors (Lipinski definition) is 0. The molecular weight excluding hydrogens is 488 g/mol. The molecule has 1 aromatic heterocycles. The summed E-state index contributed by atoms with van der Waals surface area (Å²) in [4.78, 5) is 45.4. The van der Waals surface area contributed by atoms with Crippen LogP contribution in [0, 0.1) is 16.0 Å². The average molecular weight is 519 g/mol. The summed E-state index contributed by atoms with van der Waals surface area (Å²) in [5.74, 6) is -0.194. The molecule has 8 nitrogen and oxygen atoms in total. The van der Waals surface area contributed by atoms with Crippen molar-refractivity contribution in [3.05, 3.63) is 92.2 Å². The first-order chi connectivity index (χ1) is 17.8. The van der Waals surface area contributed by atoms with Crippen LogP contribution < -0.4 is 4.90 Å². The number of piperazine rings is 1. The van der Waals surface area contributed by atoms with Crippen LogP contribution in [0.1, 0.15) is 46.6 Å². The zero-order valence-electron chi connectivity index (χ0n) is 20.9. The van der Waals surface area contributed by atoms with Crippen LogP contribution in [0.15, 0.2) is 66.0 Å². The van der Waals surface area contributed by atoms with Gasteiger partial charge >= 0.3 is 0 Å². The van der Waals surface area contributed by atoms with Crippen molar-refractivity contribution >= 4 is 34.5 Å². The Bertz CT molecular complexity index is 1280. The van der Waals surface area contributed by atoms with Crippen molar-refractivity contribution in [2.45, 2.75) is 25.8 Å². The largest absolute Gasteiger partial charge is 0.368 e. The highest BCUT2D eigenvalue weighted by Gasteiger charge is 2.46. The molecule has 2 aliphatic rings. The molecule has 0 N–H and O–H groups in total. The van der Waals surface area contributed by atoms with Gasteiger partial charge in [-0.2, -0.15) is 0 Å².